The van der Waals surface area contributed by atoms with Crippen molar-refractivity contribution in [3.8, 4) is 0 Å². The first-order valence-corrected chi connectivity index (χ1v) is 9.68. The Morgan fingerprint density at radius 3 is 2.73 bits per heavy atom. The van der Waals surface area contributed by atoms with E-state index in [4.69, 9.17) is 0 Å². The minimum Gasteiger partial charge on any atom is -0.354 e. The molecule has 1 aromatic rings. The molecule has 1 unspecified atom stereocenters. The van der Waals surface area contributed by atoms with Crippen LogP contribution in [-0.2, 0) is 14.8 Å². The molecule has 10 heteroatoms. The van der Waals surface area contributed by atoms with Crippen molar-refractivity contribution in [1.29, 1.82) is 0 Å². The van der Waals surface area contributed by atoms with Crippen LogP contribution in [0.25, 0.3) is 0 Å². The van der Waals surface area contributed by atoms with Gasteiger partial charge in [-0.1, -0.05) is 6.07 Å². The summed E-state index contributed by atoms with van der Waals surface area (Å²) in [6.07, 6.45) is 0.878. The fourth-order valence-electron chi connectivity index (χ4n) is 3.10. The van der Waals surface area contributed by atoms with Crippen molar-refractivity contribution in [2.24, 2.45) is 0 Å². The van der Waals surface area contributed by atoms with Gasteiger partial charge in [0.1, 0.15) is 0 Å². The van der Waals surface area contributed by atoms with Gasteiger partial charge in [0.25, 0.3) is 5.91 Å². The lowest BCUT2D eigenvalue weighted by molar-refractivity contribution is -0.122. The molecule has 0 aliphatic carbocycles. The SMILES string of the molecule is CN(C(=O)c1cccc(S(=O)(=O)N2CCNC(=O)C2)c1)C1CCNC1.Cl. The van der Waals surface area contributed by atoms with E-state index in [1.807, 2.05) is 0 Å². The summed E-state index contributed by atoms with van der Waals surface area (Å²) >= 11 is 0. The Kier molecular flexibility index (Phi) is 6.62. The third-order valence-corrected chi connectivity index (χ3v) is 6.47. The fraction of sp³-hybridized carbons (Fsp3) is 0.500. The van der Waals surface area contributed by atoms with E-state index in [2.05, 4.69) is 10.6 Å². The Hall–Kier alpha value is -1.68. The van der Waals surface area contributed by atoms with E-state index in [-0.39, 0.29) is 54.8 Å². The summed E-state index contributed by atoms with van der Waals surface area (Å²) in [5.74, 6) is -0.530. The van der Waals surface area contributed by atoms with Gasteiger partial charge in [-0.3, -0.25) is 9.59 Å². The van der Waals surface area contributed by atoms with E-state index < -0.39 is 10.0 Å². The van der Waals surface area contributed by atoms with Gasteiger partial charge in [0.2, 0.25) is 15.9 Å². The molecule has 2 aliphatic rings. The number of hydrogen-bond donors (Lipinski definition) is 2. The van der Waals surface area contributed by atoms with Crippen LogP contribution in [0.3, 0.4) is 0 Å². The standard InChI is InChI=1S/C16H22N4O4S.ClH/c1-19(13-5-6-17-10-13)16(22)12-3-2-4-14(9-12)25(23,24)20-8-7-18-15(21)11-20;/h2-4,9,13,17H,5-8,10-11H2,1H3,(H,18,21);1H. The number of halogens is 1. The number of benzene rings is 1. The van der Waals surface area contributed by atoms with Crippen LogP contribution >= 0.6 is 12.4 Å². The number of likely N-dealkylation sites (N-methyl/N-ethyl adjacent to an activating group) is 1. The molecule has 8 nitrogen and oxygen atoms in total. The van der Waals surface area contributed by atoms with E-state index >= 15 is 0 Å². The second-order valence-electron chi connectivity index (χ2n) is 6.28. The van der Waals surface area contributed by atoms with Crippen LogP contribution in [0.2, 0.25) is 0 Å². The van der Waals surface area contributed by atoms with Crippen molar-refractivity contribution in [3.05, 3.63) is 29.8 Å². The van der Waals surface area contributed by atoms with Gasteiger partial charge >= 0.3 is 0 Å². The first kappa shape index (κ1) is 20.6. The summed E-state index contributed by atoms with van der Waals surface area (Å²) in [6, 6.07) is 6.13. The molecule has 1 aromatic carbocycles. The number of amides is 2. The molecule has 0 bridgehead atoms. The van der Waals surface area contributed by atoms with Crippen molar-refractivity contribution < 1.29 is 18.0 Å². The zero-order valence-electron chi connectivity index (χ0n) is 14.5. The third kappa shape index (κ3) is 4.17. The van der Waals surface area contributed by atoms with Gasteiger partial charge in [0, 0.05) is 38.3 Å². The van der Waals surface area contributed by atoms with Crippen LogP contribution in [0.1, 0.15) is 16.8 Å². The maximum absolute atomic E-state index is 12.7. The number of nitrogens with zero attached hydrogens (tertiary/aromatic N) is 2. The molecule has 2 aliphatic heterocycles. The molecule has 2 amide bonds. The number of carbonyl (C=O) groups is 2. The van der Waals surface area contributed by atoms with Gasteiger partial charge < -0.3 is 15.5 Å². The van der Waals surface area contributed by atoms with Crippen LogP contribution in [-0.4, -0.2) is 75.3 Å². The van der Waals surface area contributed by atoms with Crippen LogP contribution in [0.15, 0.2) is 29.2 Å². The van der Waals surface area contributed by atoms with Crippen LogP contribution < -0.4 is 10.6 Å². The molecule has 2 N–H and O–H groups in total. The molecular weight excluding hydrogens is 380 g/mol. The number of carbonyl (C=O) groups excluding carboxylic acids is 2. The average molecular weight is 403 g/mol. The molecule has 2 heterocycles. The minimum absolute atomic E-state index is 0. The summed E-state index contributed by atoms with van der Waals surface area (Å²) in [4.78, 5) is 25.8. The second kappa shape index (κ2) is 8.34. The Morgan fingerprint density at radius 1 is 1.31 bits per heavy atom. The Bertz CT molecular complexity index is 780. The highest BCUT2D eigenvalue weighted by Gasteiger charge is 2.30. The molecular formula is C16H23ClN4O4S. The smallest absolute Gasteiger partial charge is 0.253 e. The zero-order valence-corrected chi connectivity index (χ0v) is 16.1. The Balaban J connectivity index is 0.00000243. The molecule has 0 saturated carbocycles. The van der Waals surface area contributed by atoms with Crippen LogP contribution in [0.5, 0.6) is 0 Å². The van der Waals surface area contributed by atoms with Crippen molar-refractivity contribution in [2.75, 3.05) is 39.8 Å². The van der Waals surface area contributed by atoms with Crippen molar-refractivity contribution in [3.63, 3.8) is 0 Å². The summed E-state index contributed by atoms with van der Waals surface area (Å²) in [7, 11) is -2.07. The molecule has 144 valence electrons. The zero-order chi connectivity index (χ0) is 18.0. The Morgan fingerprint density at radius 2 is 2.08 bits per heavy atom. The topological polar surface area (TPSA) is 98.8 Å². The summed E-state index contributed by atoms with van der Waals surface area (Å²) in [6.45, 7) is 1.92. The largest absolute Gasteiger partial charge is 0.354 e. The maximum Gasteiger partial charge on any atom is 0.253 e. The summed E-state index contributed by atoms with van der Waals surface area (Å²) in [5, 5.41) is 5.81. The lowest BCUT2D eigenvalue weighted by Gasteiger charge is -2.26. The predicted octanol–water partition coefficient (Wildman–Crippen LogP) is -0.337. The quantitative estimate of drug-likeness (QED) is 0.718. The minimum atomic E-state index is -3.81. The molecule has 0 radical (unpaired) electrons. The van der Waals surface area contributed by atoms with E-state index in [1.165, 1.54) is 12.1 Å². The first-order valence-electron chi connectivity index (χ1n) is 8.24. The fourth-order valence-corrected chi connectivity index (χ4v) is 4.54. The van der Waals surface area contributed by atoms with Gasteiger partial charge in [-0.05, 0) is 31.2 Å². The highest BCUT2D eigenvalue weighted by Crippen LogP contribution is 2.19. The van der Waals surface area contributed by atoms with Crippen LogP contribution in [0, 0.1) is 0 Å². The highest BCUT2D eigenvalue weighted by molar-refractivity contribution is 7.89. The van der Waals surface area contributed by atoms with E-state index in [0.29, 0.717) is 5.56 Å². The van der Waals surface area contributed by atoms with Gasteiger partial charge in [-0.2, -0.15) is 4.31 Å². The molecule has 0 spiro atoms. The molecule has 3 rings (SSSR count). The van der Waals surface area contributed by atoms with Crippen molar-refractivity contribution >= 4 is 34.2 Å². The van der Waals surface area contributed by atoms with Gasteiger partial charge in [0.15, 0.2) is 0 Å². The average Bonchev–Trinajstić information content (AvgIpc) is 3.15. The van der Waals surface area contributed by atoms with Crippen LogP contribution in [0.4, 0.5) is 0 Å². The maximum atomic E-state index is 12.7. The van der Waals surface area contributed by atoms with Gasteiger partial charge in [-0.15, -0.1) is 12.4 Å². The highest BCUT2D eigenvalue weighted by atomic mass is 35.5. The van der Waals surface area contributed by atoms with E-state index in [9.17, 15) is 18.0 Å². The molecule has 0 aromatic heterocycles. The number of piperazine rings is 1. The Labute approximate surface area is 159 Å². The number of rotatable bonds is 4. The molecule has 26 heavy (non-hydrogen) atoms. The van der Waals surface area contributed by atoms with Gasteiger partial charge in [0.05, 0.1) is 11.4 Å². The third-order valence-electron chi connectivity index (χ3n) is 4.62. The van der Waals surface area contributed by atoms with Crippen molar-refractivity contribution in [1.82, 2.24) is 19.8 Å². The number of nitrogens with one attached hydrogen (secondary N) is 2. The second-order valence-corrected chi connectivity index (χ2v) is 8.22. The summed E-state index contributed by atoms with van der Waals surface area (Å²) < 4.78 is 26.6. The lowest BCUT2D eigenvalue weighted by atomic mass is 10.1. The van der Waals surface area contributed by atoms with Gasteiger partial charge in [-0.25, -0.2) is 8.42 Å². The lowest BCUT2D eigenvalue weighted by Crippen LogP contribution is -2.49. The number of hydrogen-bond acceptors (Lipinski definition) is 5. The summed E-state index contributed by atoms with van der Waals surface area (Å²) in [5.41, 5.74) is 0.330. The molecule has 1 atom stereocenters. The molecule has 2 fully saturated rings. The van der Waals surface area contributed by atoms with Crippen molar-refractivity contribution in [2.45, 2.75) is 17.4 Å². The predicted molar refractivity (Wildman–Crippen MR) is 98.8 cm³/mol. The van der Waals surface area contributed by atoms with E-state index in [0.717, 1.165) is 23.8 Å². The number of sulfonamides is 1. The normalized spacial score (nSPS) is 21.0. The van der Waals surface area contributed by atoms with E-state index in [1.54, 1.807) is 24.1 Å². The first-order chi connectivity index (χ1) is 11.9. The molecule has 2 saturated heterocycles. The monoisotopic (exact) mass is 402 g/mol.